The van der Waals surface area contributed by atoms with Gasteiger partial charge in [-0.25, -0.2) is 9.38 Å². The number of carbonyl (C=O) groups is 1. The van der Waals surface area contributed by atoms with E-state index in [9.17, 15) is 14.3 Å². The molecule has 0 radical (unpaired) electrons. The summed E-state index contributed by atoms with van der Waals surface area (Å²) in [5.41, 5.74) is 3.61. The number of nitrogens with zero attached hydrogens (tertiary/aromatic N) is 3. The Morgan fingerprint density at radius 2 is 1.74 bits per heavy atom. The smallest absolute Gasteiger partial charge is 0.293 e. The lowest BCUT2D eigenvalue weighted by Crippen LogP contribution is -2.36. The molecule has 5 aromatic rings. The third-order valence-corrected chi connectivity index (χ3v) is 6.18. The molecule has 2 N–H and O–H groups in total. The fourth-order valence-corrected chi connectivity index (χ4v) is 4.27. The molecule has 192 valence electrons. The van der Waals surface area contributed by atoms with Crippen molar-refractivity contribution in [2.24, 2.45) is 4.99 Å². The molecule has 8 heteroatoms. The molecule has 7 nitrogen and oxygen atoms in total. The van der Waals surface area contributed by atoms with Crippen molar-refractivity contribution in [2.45, 2.75) is 0 Å². The van der Waals surface area contributed by atoms with Crippen molar-refractivity contribution in [3.05, 3.63) is 114 Å². The second kappa shape index (κ2) is 10.7. The Balaban J connectivity index is 1.55. The van der Waals surface area contributed by atoms with Crippen LogP contribution in [-0.2, 0) is 0 Å². The van der Waals surface area contributed by atoms with Crippen LogP contribution in [0.15, 0.2) is 101 Å². The molecule has 0 saturated heterocycles. The number of aromatic amines is 1. The number of hydrogen-bond donors (Lipinski definition) is 2. The van der Waals surface area contributed by atoms with Crippen molar-refractivity contribution in [3.63, 3.8) is 0 Å². The van der Waals surface area contributed by atoms with E-state index in [1.807, 2.05) is 73.6 Å². The minimum Gasteiger partial charge on any atom is -0.494 e. The van der Waals surface area contributed by atoms with E-state index < -0.39 is 5.82 Å². The fraction of sp³-hybridized carbons (Fsp3) is 0.133. The SMILES string of the molecule is CN(C)CCN(C(=O)c1ccco1)c1ccc(N=C(c2ccccc2)c2c(O)[nH]c3cc(F)ccc23)cc1. The van der Waals surface area contributed by atoms with Crippen LogP contribution in [-0.4, -0.2) is 53.8 Å². The molecule has 0 unspecified atom stereocenters. The highest BCUT2D eigenvalue weighted by molar-refractivity contribution is 6.21. The number of furan rings is 1. The molecule has 2 heterocycles. The van der Waals surface area contributed by atoms with Gasteiger partial charge in [0.25, 0.3) is 5.91 Å². The average molecular weight is 511 g/mol. The maximum atomic E-state index is 13.8. The maximum Gasteiger partial charge on any atom is 0.293 e. The van der Waals surface area contributed by atoms with E-state index in [1.165, 1.54) is 18.4 Å². The van der Waals surface area contributed by atoms with Gasteiger partial charge in [-0.2, -0.15) is 0 Å². The molecular weight excluding hydrogens is 483 g/mol. The van der Waals surface area contributed by atoms with E-state index in [0.29, 0.717) is 46.6 Å². The first kappa shape index (κ1) is 25.0. The molecule has 0 bridgehead atoms. The highest BCUT2D eigenvalue weighted by Gasteiger charge is 2.21. The Morgan fingerprint density at radius 3 is 2.42 bits per heavy atom. The number of aromatic nitrogens is 1. The average Bonchev–Trinajstić information content (AvgIpc) is 3.56. The van der Waals surface area contributed by atoms with Gasteiger partial charge in [0.2, 0.25) is 0 Å². The number of hydrogen-bond acceptors (Lipinski definition) is 5. The van der Waals surface area contributed by atoms with E-state index in [4.69, 9.17) is 9.41 Å². The molecule has 5 rings (SSSR count). The number of nitrogens with one attached hydrogen (secondary N) is 1. The van der Waals surface area contributed by atoms with Gasteiger partial charge in [-0.05, 0) is 68.7 Å². The van der Waals surface area contributed by atoms with Crippen molar-refractivity contribution in [1.82, 2.24) is 9.88 Å². The van der Waals surface area contributed by atoms with Crippen molar-refractivity contribution in [1.29, 1.82) is 0 Å². The van der Waals surface area contributed by atoms with Crippen LogP contribution in [0.4, 0.5) is 15.8 Å². The molecular formula is C30H27FN4O3. The third kappa shape index (κ3) is 5.21. The lowest BCUT2D eigenvalue weighted by Gasteiger charge is -2.23. The zero-order valence-electron chi connectivity index (χ0n) is 21.1. The molecule has 2 aromatic heterocycles. The van der Waals surface area contributed by atoms with Gasteiger partial charge in [-0.1, -0.05) is 30.3 Å². The summed E-state index contributed by atoms with van der Waals surface area (Å²) in [6, 6.07) is 24.5. The monoisotopic (exact) mass is 510 g/mol. The summed E-state index contributed by atoms with van der Waals surface area (Å²) in [4.78, 5) is 24.6. The number of anilines is 1. The molecule has 0 aliphatic carbocycles. The first-order valence-electron chi connectivity index (χ1n) is 12.2. The van der Waals surface area contributed by atoms with Crippen molar-refractivity contribution >= 4 is 33.9 Å². The van der Waals surface area contributed by atoms with Gasteiger partial charge in [-0.3, -0.25) is 4.79 Å². The minimum atomic E-state index is -0.401. The number of likely N-dealkylation sites (N-methyl/N-ethyl adjacent to an activating group) is 1. The van der Waals surface area contributed by atoms with E-state index in [2.05, 4.69) is 4.98 Å². The number of rotatable bonds is 8. The van der Waals surface area contributed by atoms with Gasteiger partial charge in [0.1, 0.15) is 5.82 Å². The Labute approximate surface area is 219 Å². The predicted octanol–water partition coefficient (Wildman–Crippen LogP) is 5.98. The van der Waals surface area contributed by atoms with Gasteiger partial charge in [0.15, 0.2) is 11.6 Å². The number of benzene rings is 3. The lowest BCUT2D eigenvalue weighted by molar-refractivity contribution is 0.0958. The topological polar surface area (TPSA) is 85.1 Å². The van der Waals surface area contributed by atoms with Crippen LogP contribution in [0.25, 0.3) is 10.9 Å². The summed E-state index contributed by atoms with van der Waals surface area (Å²) < 4.78 is 19.2. The van der Waals surface area contributed by atoms with Gasteiger partial charge in [0.05, 0.1) is 28.7 Å². The first-order chi connectivity index (χ1) is 18.4. The van der Waals surface area contributed by atoms with Crippen LogP contribution in [0.5, 0.6) is 5.88 Å². The van der Waals surface area contributed by atoms with Crippen LogP contribution in [0, 0.1) is 5.82 Å². The Hall–Kier alpha value is -4.69. The number of aliphatic imine (C=N–C) groups is 1. The highest BCUT2D eigenvalue weighted by atomic mass is 19.1. The van der Waals surface area contributed by atoms with Crippen molar-refractivity contribution < 1.29 is 18.7 Å². The summed E-state index contributed by atoms with van der Waals surface area (Å²) in [5, 5.41) is 11.4. The molecule has 1 amide bonds. The molecule has 0 atom stereocenters. The largest absolute Gasteiger partial charge is 0.494 e. The van der Waals surface area contributed by atoms with Gasteiger partial charge < -0.3 is 24.3 Å². The summed E-state index contributed by atoms with van der Waals surface area (Å²) in [6.45, 7) is 1.15. The Kier molecular flexibility index (Phi) is 7.06. The zero-order valence-corrected chi connectivity index (χ0v) is 21.1. The van der Waals surface area contributed by atoms with Crippen LogP contribution >= 0.6 is 0 Å². The van der Waals surface area contributed by atoms with E-state index in [1.54, 1.807) is 23.1 Å². The van der Waals surface area contributed by atoms with Crippen LogP contribution in [0.2, 0.25) is 0 Å². The fourth-order valence-electron chi connectivity index (χ4n) is 4.27. The predicted molar refractivity (Wildman–Crippen MR) is 147 cm³/mol. The summed E-state index contributed by atoms with van der Waals surface area (Å²) >= 11 is 0. The van der Waals surface area contributed by atoms with Crippen molar-refractivity contribution in [2.75, 3.05) is 32.1 Å². The molecule has 38 heavy (non-hydrogen) atoms. The summed E-state index contributed by atoms with van der Waals surface area (Å²) in [7, 11) is 3.90. The molecule has 0 aliphatic rings. The van der Waals surface area contributed by atoms with E-state index in [-0.39, 0.29) is 17.5 Å². The van der Waals surface area contributed by atoms with E-state index >= 15 is 0 Å². The Bertz CT molecular complexity index is 1570. The van der Waals surface area contributed by atoms with Gasteiger partial charge in [0, 0.05) is 29.7 Å². The second-order valence-corrected chi connectivity index (χ2v) is 9.12. The van der Waals surface area contributed by atoms with Crippen LogP contribution in [0.1, 0.15) is 21.7 Å². The van der Waals surface area contributed by atoms with Crippen LogP contribution in [0.3, 0.4) is 0 Å². The number of amides is 1. The third-order valence-electron chi connectivity index (χ3n) is 6.18. The summed E-state index contributed by atoms with van der Waals surface area (Å²) in [5.74, 6) is -0.455. The van der Waals surface area contributed by atoms with Crippen molar-refractivity contribution in [3.8, 4) is 5.88 Å². The molecule has 0 aliphatic heterocycles. The zero-order chi connectivity index (χ0) is 26.6. The summed E-state index contributed by atoms with van der Waals surface area (Å²) in [6.07, 6.45) is 1.48. The highest BCUT2D eigenvalue weighted by Crippen LogP contribution is 2.32. The number of aromatic hydroxyl groups is 1. The standard InChI is InChI=1S/C30H27FN4O3/c1-34(2)16-17-35(30(37)26-9-6-18-38-26)23-13-11-22(12-14-23)32-28(20-7-4-3-5-8-20)27-24-15-10-21(31)19-25(24)33-29(27)36/h3-15,18-19,33,36H,16-17H2,1-2H3. The second-order valence-electron chi connectivity index (χ2n) is 9.12. The normalized spacial score (nSPS) is 11.8. The number of fused-ring (bicyclic) bond motifs is 1. The molecule has 0 fully saturated rings. The first-order valence-corrected chi connectivity index (χ1v) is 12.2. The van der Waals surface area contributed by atoms with Crippen LogP contribution < -0.4 is 4.90 Å². The quantitative estimate of drug-likeness (QED) is 0.251. The number of H-pyrrole nitrogens is 1. The molecule has 0 saturated carbocycles. The maximum absolute atomic E-state index is 13.8. The molecule has 3 aromatic carbocycles. The van der Waals surface area contributed by atoms with Gasteiger partial charge >= 0.3 is 0 Å². The number of carbonyl (C=O) groups excluding carboxylic acids is 1. The van der Waals surface area contributed by atoms with Gasteiger partial charge in [-0.15, -0.1) is 0 Å². The number of halogens is 1. The Morgan fingerprint density at radius 1 is 0.974 bits per heavy atom. The molecule has 0 spiro atoms. The van der Waals surface area contributed by atoms with E-state index in [0.717, 1.165) is 5.56 Å². The lowest BCUT2D eigenvalue weighted by atomic mass is 10.0. The minimum absolute atomic E-state index is 0.0938.